The number of amidine groups is 1. The number of nitrogens with two attached hydrogens (primary N) is 1. The highest BCUT2D eigenvalue weighted by molar-refractivity contribution is 6.41. The molecule has 2 fully saturated rings. The van der Waals surface area contributed by atoms with Crippen molar-refractivity contribution < 1.29 is 4.79 Å². The number of anilines is 1. The topological polar surface area (TPSA) is 113 Å². The van der Waals surface area contributed by atoms with Gasteiger partial charge >= 0.3 is 0 Å². The molecule has 1 aliphatic carbocycles. The van der Waals surface area contributed by atoms with Crippen LogP contribution >= 0.6 is 11.6 Å². The molecule has 3 N–H and O–H groups in total. The van der Waals surface area contributed by atoms with E-state index in [9.17, 15) is 4.79 Å². The SMILES string of the molecule is CC1=NC(=O)C2C(=N1)C=CC(c1c[nH]c3nc(N4[C@@H]5CC[C@H]4CC(N)C5)cnc13)=C2Cl. The Morgan fingerprint density at radius 2 is 1.97 bits per heavy atom. The molecule has 0 radical (unpaired) electrons. The Labute approximate surface area is 184 Å². The third-order valence-corrected chi connectivity index (χ3v) is 7.15. The zero-order chi connectivity index (χ0) is 21.3. The molecule has 31 heavy (non-hydrogen) atoms. The average Bonchev–Trinajstić information content (AvgIpc) is 3.26. The number of hydrogen-bond donors (Lipinski definition) is 2. The quantitative estimate of drug-likeness (QED) is 0.752. The number of allylic oxidation sites excluding steroid dienone is 3. The van der Waals surface area contributed by atoms with Gasteiger partial charge in [-0.05, 0) is 38.7 Å². The molecule has 0 saturated carbocycles. The van der Waals surface area contributed by atoms with E-state index in [4.69, 9.17) is 27.3 Å². The number of halogens is 1. The molecule has 3 aliphatic heterocycles. The largest absolute Gasteiger partial charge is 0.349 e. The molecule has 0 spiro atoms. The Morgan fingerprint density at radius 3 is 2.74 bits per heavy atom. The van der Waals surface area contributed by atoms with Crippen molar-refractivity contribution in [1.29, 1.82) is 0 Å². The van der Waals surface area contributed by atoms with Gasteiger partial charge in [-0.25, -0.2) is 15.0 Å². The number of carbonyl (C=O) groups excluding carboxylic acids is 1. The summed E-state index contributed by atoms with van der Waals surface area (Å²) >= 11 is 6.68. The summed E-state index contributed by atoms with van der Waals surface area (Å²) < 4.78 is 0. The van der Waals surface area contributed by atoms with E-state index < -0.39 is 5.92 Å². The lowest BCUT2D eigenvalue weighted by Gasteiger charge is -2.38. The lowest BCUT2D eigenvalue weighted by molar-refractivity contribution is -0.118. The number of aromatic amines is 1. The van der Waals surface area contributed by atoms with Crippen molar-refractivity contribution in [3.63, 3.8) is 0 Å². The second-order valence-corrected chi connectivity index (χ2v) is 9.12. The summed E-state index contributed by atoms with van der Waals surface area (Å²) in [4.78, 5) is 36.1. The van der Waals surface area contributed by atoms with E-state index in [0.717, 1.165) is 48.2 Å². The maximum absolute atomic E-state index is 12.5. The first kappa shape index (κ1) is 18.9. The first-order chi connectivity index (χ1) is 15.0. The molecule has 5 heterocycles. The molecule has 4 aliphatic rings. The molecular formula is C22H22ClN7O. The van der Waals surface area contributed by atoms with Gasteiger partial charge in [-0.3, -0.25) is 4.79 Å². The minimum Gasteiger partial charge on any atom is -0.349 e. The van der Waals surface area contributed by atoms with Crippen molar-refractivity contribution in [3.8, 4) is 0 Å². The highest BCUT2D eigenvalue weighted by atomic mass is 35.5. The summed E-state index contributed by atoms with van der Waals surface area (Å²) in [7, 11) is 0. The van der Waals surface area contributed by atoms with Crippen LogP contribution in [0.2, 0.25) is 0 Å². The molecule has 2 saturated heterocycles. The summed E-state index contributed by atoms with van der Waals surface area (Å²) in [5.74, 6) is 0.394. The van der Waals surface area contributed by atoms with Crippen molar-refractivity contribution in [1.82, 2.24) is 15.0 Å². The molecule has 4 atom stereocenters. The molecule has 2 bridgehead atoms. The minimum atomic E-state index is -0.657. The fourth-order valence-electron chi connectivity index (χ4n) is 5.43. The van der Waals surface area contributed by atoms with Gasteiger partial charge in [0.15, 0.2) is 5.65 Å². The molecule has 158 valence electrons. The summed E-state index contributed by atoms with van der Waals surface area (Å²) in [6.07, 6.45) is 11.7. The summed E-state index contributed by atoms with van der Waals surface area (Å²) in [6, 6.07) is 1.15. The maximum Gasteiger partial charge on any atom is 0.261 e. The fourth-order valence-corrected chi connectivity index (χ4v) is 5.80. The monoisotopic (exact) mass is 435 g/mol. The predicted octanol–water partition coefficient (Wildman–Crippen LogP) is 2.95. The normalized spacial score (nSPS) is 30.0. The average molecular weight is 436 g/mol. The molecule has 2 aromatic heterocycles. The van der Waals surface area contributed by atoms with Gasteiger partial charge < -0.3 is 15.6 Å². The van der Waals surface area contributed by atoms with Crippen LogP contribution in [-0.2, 0) is 4.79 Å². The number of rotatable bonds is 2. The Kier molecular flexibility index (Phi) is 4.16. The molecule has 0 aromatic carbocycles. The number of fused-ring (bicyclic) bond motifs is 4. The first-order valence-electron chi connectivity index (χ1n) is 10.6. The Hall–Kier alpha value is -2.84. The van der Waals surface area contributed by atoms with E-state index in [1.807, 2.05) is 24.5 Å². The smallest absolute Gasteiger partial charge is 0.261 e. The van der Waals surface area contributed by atoms with Gasteiger partial charge in [0.25, 0.3) is 5.91 Å². The second-order valence-electron chi connectivity index (χ2n) is 8.71. The number of amides is 1. The maximum atomic E-state index is 12.5. The zero-order valence-corrected chi connectivity index (χ0v) is 17.8. The van der Waals surface area contributed by atoms with Gasteiger partial charge in [-0.15, -0.1) is 0 Å². The minimum absolute atomic E-state index is 0.277. The van der Waals surface area contributed by atoms with Gasteiger partial charge in [0.2, 0.25) is 0 Å². The van der Waals surface area contributed by atoms with Gasteiger partial charge in [-0.2, -0.15) is 4.99 Å². The van der Waals surface area contributed by atoms with Crippen molar-refractivity contribution in [2.45, 2.75) is 50.7 Å². The van der Waals surface area contributed by atoms with E-state index >= 15 is 0 Å². The van der Waals surface area contributed by atoms with Crippen LogP contribution < -0.4 is 10.6 Å². The zero-order valence-electron chi connectivity index (χ0n) is 17.0. The highest BCUT2D eigenvalue weighted by Crippen LogP contribution is 2.40. The number of hydrogen-bond acceptors (Lipinski definition) is 6. The van der Waals surface area contributed by atoms with Crippen LogP contribution in [-0.4, -0.2) is 50.5 Å². The van der Waals surface area contributed by atoms with Crippen LogP contribution in [0.25, 0.3) is 16.7 Å². The molecule has 2 aromatic rings. The molecule has 2 unspecified atom stereocenters. The van der Waals surface area contributed by atoms with Gasteiger partial charge in [-0.1, -0.05) is 17.7 Å². The van der Waals surface area contributed by atoms with Gasteiger partial charge in [0.1, 0.15) is 23.1 Å². The number of nitrogens with zero attached hydrogens (tertiary/aromatic N) is 5. The fraction of sp³-hybridized carbons (Fsp3) is 0.409. The number of aromatic nitrogens is 3. The van der Waals surface area contributed by atoms with Crippen LogP contribution in [0.1, 0.15) is 38.2 Å². The number of aliphatic imine (C=N–C) groups is 2. The van der Waals surface area contributed by atoms with Crippen LogP contribution in [0.15, 0.2) is 39.6 Å². The van der Waals surface area contributed by atoms with Crippen molar-refractivity contribution in [2.75, 3.05) is 4.90 Å². The van der Waals surface area contributed by atoms with Crippen LogP contribution in [0.5, 0.6) is 0 Å². The Bertz CT molecular complexity index is 1230. The van der Waals surface area contributed by atoms with E-state index in [2.05, 4.69) is 19.9 Å². The van der Waals surface area contributed by atoms with E-state index in [1.165, 1.54) is 0 Å². The first-order valence-corrected chi connectivity index (χ1v) is 11.0. The Balaban J connectivity index is 1.38. The lowest BCUT2D eigenvalue weighted by atomic mass is 9.89. The van der Waals surface area contributed by atoms with Crippen LogP contribution in [0.3, 0.4) is 0 Å². The molecule has 6 rings (SSSR count). The van der Waals surface area contributed by atoms with E-state index in [1.54, 1.807) is 6.92 Å². The number of H-pyrrole nitrogens is 1. The predicted molar refractivity (Wildman–Crippen MR) is 121 cm³/mol. The number of carbonyl (C=O) groups is 1. The number of nitrogens with one attached hydrogen (secondary N) is 1. The highest BCUT2D eigenvalue weighted by Gasteiger charge is 2.40. The third-order valence-electron chi connectivity index (χ3n) is 6.73. The second kappa shape index (κ2) is 6.83. The van der Waals surface area contributed by atoms with Crippen molar-refractivity contribution in [3.05, 3.63) is 35.1 Å². The van der Waals surface area contributed by atoms with Crippen LogP contribution in [0, 0.1) is 5.92 Å². The molecule has 8 nitrogen and oxygen atoms in total. The van der Waals surface area contributed by atoms with Crippen LogP contribution in [0.4, 0.5) is 5.82 Å². The summed E-state index contributed by atoms with van der Waals surface area (Å²) in [6.45, 7) is 1.71. The van der Waals surface area contributed by atoms with Gasteiger partial charge in [0, 0.05) is 40.5 Å². The van der Waals surface area contributed by atoms with E-state index in [-0.39, 0.29) is 11.9 Å². The Morgan fingerprint density at radius 1 is 1.19 bits per heavy atom. The lowest BCUT2D eigenvalue weighted by Crippen LogP contribution is -2.47. The van der Waals surface area contributed by atoms with E-state index in [0.29, 0.717) is 34.3 Å². The molecule has 9 heteroatoms. The molecular weight excluding hydrogens is 414 g/mol. The van der Waals surface area contributed by atoms with Gasteiger partial charge in [0.05, 0.1) is 11.9 Å². The van der Waals surface area contributed by atoms with Crippen molar-refractivity contribution >= 4 is 51.6 Å². The standard InChI is InChI=1S/C22H22ClN7O/c1-10-27-16-5-4-14(19(23)18(16)22(31)28-10)15-8-26-21-20(15)25-9-17(29-21)30-12-2-3-13(30)7-11(24)6-12/h4-5,8-9,11-13,18H,2-3,6-7,24H2,1H3,(H,26,29)/t11?,12-,13+,18?. The number of piperidine rings is 1. The summed E-state index contributed by atoms with van der Waals surface area (Å²) in [5, 5.41) is 0.414. The van der Waals surface area contributed by atoms with Crippen molar-refractivity contribution in [2.24, 2.45) is 21.6 Å². The molecule has 1 amide bonds. The summed E-state index contributed by atoms with van der Waals surface area (Å²) in [5.41, 5.74) is 9.83. The third kappa shape index (κ3) is 2.89.